The van der Waals surface area contributed by atoms with E-state index in [0.717, 1.165) is 51.9 Å². The lowest BCUT2D eigenvalue weighted by atomic mass is 9.85. The molecule has 2 aliphatic rings. The number of hydrogen-bond donors (Lipinski definition) is 1. The fourth-order valence-corrected chi connectivity index (χ4v) is 3.68. The minimum Gasteiger partial charge on any atom is -0.444 e. The molecule has 2 rings (SSSR count). The second kappa shape index (κ2) is 8.39. The Bertz CT molecular complexity index is 457. The third-order valence-corrected chi connectivity index (χ3v) is 5.15. The normalized spacial score (nSPS) is 25.8. The van der Waals surface area contributed by atoms with Gasteiger partial charge in [0.15, 0.2) is 0 Å². The molecule has 0 radical (unpaired) electrons. The third kappa shape index (κ3) is 6.17. The van der Waals surface area contributed by atoms with E-state index in [2.05, 4.69) is 24.1 Å². The molecular weight excluding hydrogens is 318 g/mol. The zero-order valence-electron chi connectivity index (χ0n) is 16.5. The molecule has 6 heteroatoms. The van der Waals surface area contributed by atoms with E-state index in [1.807, 2.05) is 25.7 Å². The molecule has 1 aliphatic heterocycles. The Hall–Kier alpha value is -1.30. The standard InChI is InChI=1S/C19H35N3O3/c1-14(2)21-10-12-22(13-11-21)17(23)15-6-8-16(9-7-15)20-18(24)25-19(3,4)5/h14-16H,6-13H2,1-5H3,(H,20,24). The Balaban J connectivity index is 1.73. The molecule has 0 aromatic rings. The SMILES string of the molecule is CC(C)N1CCN(C(=O)C2CCC(NC(=O)OC(C)(C)C)CC2)CC1. The third-order valence-electron chi connectivity index (χ3n) is 5.15. The van der Waals surface area contributed by atoms with Gasteiger partial charge < -0.3 is 15.0 Å². The summed E-state index contributed by atoms with van der Waals surface area (Å²) < 4.78 is 5.31. The fourth-order valence-electron chi connectivity index (χ4n) is 3.68. The summed E-state index contributed by atoms with van der Waals surface area (Å²) in [6.45, 7) is 13.6. The largest absolute Gasteiger partial charge is 0.444 e. The van der Waals surface area contributed by atoms with Crippen LogP contribution in [0.15, 0.2) is 0 Å². The van der Waals surface area contributed by atoms with Crippen LogP contribution in [0.25, 0.3) is 0 Å². The first-order valence-electron chi connectivity index (χ1n) is 9.68. The summed E-state index contributed by atoms with van der Waals surface area (Å²) in [5.74, 6) is 0.418. The van der Waals surface area contributed by atoms with Crippen molar-refractivity contribution >= 4 is 12.0 Å². The second-order valence-electron chi connectivity index (χ2n) is 8.65. The lowest BCUT2D eigenvalue weighted by molar-refractivity contribution is -0.138. The van der Waals surface area contributed by atoms with Crippen LogP contribution in [0, 0.1) is 5.92 Å². The minimum atomic E-state index is -0.477. The first kappa shape index (κ1) is 20.0. The number of alkyl carbamates (subject to hydrolysis) is 1. The monoisotopic (exact) mass is 353 g/mol. The topological polar surface area (TPSA) is 61.9 Å². The fraction of sp³-hybridized carbons (Fsp3) is 0.895. The number of amides is 2. The molecule has 0 aromatic heterocycles. The minimum absolute atomic E-state index is 0.113. The molecule has 0 aromatic carbocycles. The molecule has 1 N–H and O–H groups in total. The van der Waals surface area contributed by atoms with Crippen molar-refractivity contribution in [1.29, 1.82) is 0 Å². The average molecular weight is 354 g/mol. The lowest BCUT2D eigenvalue weighted by Gasteiger charge is -2.39. The molecule has 6 nitrogen and oxygen atoms in total. The van der Waals surface area contributed by atoms with Crippen LogP contribution in [0.1, 0.15) is 60.3 Å². The van der Waals surface area contributed by atoms with Crippen molar-refractivity contribution < 1.29 is 14.3 Å². The molecule has 144 valence electrons. The summed E-state index contributed by atoms with van der Waals surface area (Å²) in [5.41, 5.74) is -0.477. The van der Waals surface area contributed by atoms with Gasteiger partial charge in [0, 0.05) is 44.2 Å². The van der Waals surface area contributed by atoms with Gasteiger partial charge in [-0.1, -0.05) is 0 Å². The highest BCUT2D eigenvalue weighted by Crippen LogP contribution is 2.27. The van der Waals surface area contributed by atoms with Crippen LogP contribution in [0.4, 0.5) is 4.79 Å². The number of nitrogens with one attached hydrogen (secondary N) is 1. The van der Waals surface area contributed by atoms with Crippen LogP contribution in [-0.4, -0.2) is 65.7 Å². The summed E-state index contributed by atoms with van der Waals surface area (Å²) >= 11 is 0. The molecule has 0 spiro atoms. The zero-order valence-corrected chi connectivity index (χ0v) is 16.5. The van der Waals surface area contributed by atoms with E-state index in [1.54, 1.807) is 0 Å². The molecule has 0 bridgehead atoms. The number of rotatable bonds is 3. The van der Waals surface area contributed by atoms with Crippen LogP contribution >= 0.6 is 0 Å². The number of piperazine rings is 1. The molecule has 0 unspecified atom stereocenters. The van der Waals surface area contributed by atoms with Crippen LogP contribution in [0.5, 0.6) is 0 Å². The molecule has 25 heavy (non-hydrogen) atoms. The zero-order chi connectivity index (χ0) is 18.6. The summed E-state index contributed by atoms with van der Waals surface area (Å²) in [7, 11) is 0. The highest BCUT2D eigenvalue weighted by molar-refractivity contribution is 5.79. The molecule has 1 saturated carbocycles. The summed E-state index contributed by atoms with van der Waals surface area (Å²) in [6.07, 6.45) is 3.04. The average Bonchev–Trinajstić information content (AvgIpc) is 2.53. The maximum absolute atomic E-state index is 12.7. The lowest BCUT2D eigenvalue weighted by Crippen LogP contribution is -2.52. The Morgan fingerprint density at radius 1 is 1.00 bits per heavy atom. The van der Waals surface area contributed by atoms with E-state index in [1.165, 1.54) is 0 Å². The summed E-state index contributed by atoms with van der Waals surface area (Å²) in [4.78, 5) is 29.1. The van der Waals surface area contributed by atoms with Gasteiger partial charge in [0.05, 0.1) is 0 Å². The highest BCUT2D eigenvalue weighted by Gasteiger charge is 2.32. The smallest absolute Gasteiger partial charge is 0.407 e. The van der Waals surface area contributed by atoms with Crippen molar-refractivity contribution in [2.75, 3.05) is 26.2 Å². The van der Waals surface area contributed by atoms with Crippen molar-refractivity contribution in [2.45, 2.75) is 78.0 Å². The van der Waals surface area contributed by atoms with Gasteiger partial charge in [-0.05, 0) is 60.3 Å². The maximum atomic E-state index is 12.7. The van der Waals surface area contributed by atoms with E-state index in [-0.39, 0.29) is 18.1 Å². The van der Waals surface area contributed by atoms with Crippen molar-refractivity contribution in [1.82, 2.24) is 15.1 Å². The Morgan fingerprint density at radius 3 is 2.04 bits per heavy atom. The highest BCUT2D eigenvalue weighted by atomic mass is 16.6. The maximum Gasteiger partial charge on any atom is 0.407 e. The first-order valence-corrected chi connectivity index (χ1v) is 9.68. The second-order valence-corrected chi connectivity index (χ2v) is 8.65. The molecule has 1 saturated heterocycles. The van der Waals surface area contributed by atoms with E-state index in [9.17, 15) is 9.59 Å². The van der Waals surface area contributed by atoms with Crippen molar-refractivity contribution in [3.8, 4) is 0 Å². The van der Waals surface area contributed by atoms with Gasteiger partial charge in [-0.3, -0.25) is 9.69 Å². The Kier molecular flexibility index (Phi) is 6.72. The number of carbonyl (C=O) groups is 2. The molecule has 1 aliphatic carbocycles. The predicted octanol–water partition coefficient (Wildman–Crippen LogP) is 2.62. The number of hydrogen-bond acceptors (Lipinski definition) is 4. The molecule has 2 amide bonds. The van der Waals surface area contributed by atoms with Crippen molar-refractivity contribution in [3.05, 3.63) is 0 Å². The Labute approximate surface area is 152 Å². The summed E-state index contributed by atoms with van der Waals surface area (Å²) in [5, 5.41) is 2.94. The van der Waals surface area contributed by atoms with Gasteiger partial charge in [0.1, 0.15) is 5.60 Å². The quantitative estimate of drug-likeness (QED) is 0.847. The molecule has 0 atom stereocenters. The van der Waals surface area contributed by atoms with Crippen LogP contribution in [0.3, 0.4) is 0 Å². The number of carbonyl (C=O) groups excluding carboxylic acids is 2. The van der Waals surface area contributed by atoms with Gasteiger partial charge in [-0.2, -0.15) is 0 Å². The predicted molar refractivity (Wildman–Crippen MR) is 98.4 cm³/mol. The van der Waals surface area contributed by atoms with Gasteiger partial charge >= 0.3 is 6.09 Å². The van der Waals surface area contributed by atoms with Crippen LogP contribution in [-0.2, 0) is 9.53 Å². The van der Waals surface area contributed by atoms with Crippen LogP contribution in [0.2, 0.25) is 0 Å². The van der Waals surface area contributed by atoms with E-state index in [4.69, 9.17) is 4.74 Å². The van der Waals surface area contributed by atoms with Gasteiger partial charge in [-0.15, -0.1) is 0 Å². The van der Waals surface area contributed by atoms with Crippen LogP contribution < -0.4 is 5.32 Å². The molecular formula is C19H35N3O3. The molecule has 1 heterocycles. The Morgan fingerprint density at radius 2 is 1.56 bits per heavy atom. The van der Waals surface area contributed by atoms with Gasteiger partial charge in [0.2, 0.25) is 5.91 Å². The number of ether oxygens (including phenoxy) is 1. The van der Waals surface area contributed by atoms with Crippen molar-refractivity contribution in [2.24, 2.45) is 5.92 Å². The van der Waals surface area contributed by atoms with Crippen molar-refractivity contribution in [3.63, 3.8) is 0 Å². The number of nitrogens with zero attached hydrogens (tertiary/aromatic N) is 2. The van der Waals surface area contributed by atoms with Gasteiger partial charge in [-0.25, -0.2) is 4.79 Å². The molecule has 2 fully saturated rings. The summed E-state index contributed by atoms with van der Waals surface area (Å²) in [6, 6.07) is 0.670. The van der Waals surface area contributed by atoms with E-state index in [0.29, 0.717) is 11.9 Å². The van der Waals surface area contributed by atoms with E-state index >= 15 is 0 Å². The first-order chi connectivity index (χ1) is 11.7. The van der Waals surface area contributed by atoms with E-state index < -0.39 is 5.60 Å². The van der Waals surface area contributed by atoms with Gasteiger partial charge in [0.25, 0.3) is 0 Å².